The van der Waals surface area contributed by atoms with Crippen LogP contribution in [0.5, 0.6) is 0 Å². The molecule has 0 fully saturated rings. The summed E-state index contributed by atoms with van der Waals surface area (Å²) >= 11 is 3.53. The van der Waals surface area contributed by atoms with E-state index < -0.39 is 0 Å². The minimum absolute atomic E-state index is 0.264. The molecule has 0 spiro atoms. The minimum Gasteiger partial charge on any atom is -0.310 e. The number of hydrogen-bond donors (Lipinski definition) is 1. The standard InChI is InChI=1S/C14H19BrN4/c1-3-7-16-13(9-14-17-10-18-19(14)2)11-5-4-6-12(15)8-11/h4-6,8,10,13,16H,3,7,9H2,1-2H3. The molecule has 2 rings (SSSR count). The van der Waals surface area contributed by atoms with Gasteiger partial charge in [0.05, 0.1) is 0 Å². The fraction of sp³-hybridized carbons (Fsp3) is 0.429. The van der Waals surface area contributed by atoms with Gasteiger partial charge in [-0.25, -0.2) is 4.98 Å². The van der Waals surface area contributed by atoms with Crippen LogP contribution in [0.15, 0.2) is 35.1 Å². The summed E-state index contributed by atoms with van der Waals surface area (Å²) in [6.45, 7) is 3.17. The van der Waals surface area contributed by atoms with Crippen LogP contribution in [0.3, 0.4) is 0 Å². The molecule has 4 nitrogen and oxygen atoms in total. The van der Waals surface area contributed by atoms with Gasteiger partial charge in [0, 0.05) is 24.0 Å². The summed E-state index contributed by atoms with van der Waals surface area (Å²) in [5.74, 6) is 0.994. The number of nitrogens with one attached hydrogen (secondary N) is 1. The number of nitrogens with zero attached hydrogens (tertiary/aromatic N) is 3. The van der Waals surface area contributed by atoms with Gasteiger partial charge in [0.1, 0.15) is 12.2 Å². The highest BCUT2D eigenvalue weighted by Crippen LogP contribution is 2.21. The summed E-state index contributed by atoms with van der Waals surface area (Å²) in [4.78, 5) is 4.31. The minimum atomic E-state index is 0.264. The van der Waals surface area contributed by atoms with Crippen molar-refractivity contribution in [3.05, 3.63) is 46.5 Å². The van der Waals surface area contributed by atoms with E-state index >= 15 is 0 Å². The van der Waals surface area contributed by atoms with Crippen LogP contribution < -0.4 is 5.32 Å². The van der Waals surface area contributed by atoms with Crippen LogP contribution in [0.2, 0.25) is 0 Å². The maximum Gasteiger partial charge on any atom is 0.138 e. The van der Waals surface area contributed by atoms with Crippen LogP contribution >= 0.6 is 15.9 Å². The third-order valence-electron chi connectivity index (χ3n) is 3.08. The Balaban J connectivity index is 2.18. The van der Waals surface area contributed by atoms with Crippen molar-refractivity contribution in [3.63, 3.8) is 0 Å². The average molecular weight is 323 g/mol. The summed E-state index contributed by atoms with van der Waals surface area (Å²) in [7, 11) is 1.93. The van der Waals surface area contributed by atoms with Gasteiger partial charge in [-0.1, -0.05) is 35.0 Å². The lowest BCUT2D eigenvalue weighted by molar-refractivity contribution is 0.506. The monoisotopic (exact) mass is 322 g/mol. The Morgan fingerprint density at radius 3 is 2.89 bits per heavy atom. The lowest BCUT2D eigenvalue weighted by atomic mass is 10.0. The van der Waals surface area contributed by atoms with Crippen molar-refractivity contribution in [1.82, 2.24) is 20.1 Å². The molecule has 19 heavy (non-hydrogen) atoms. The van der Waals surface area contributed by atoms with Gasteiger partial charge in [0.25, 0.3) is 0 Å². The van der Waals surface area contributed by atoms with E-state index in [1.54, 1.807) is 6.33 Å². The van der Waals surface area contributed by atoms with Crippen LogP contribution in [-0.4, -0.2) is 21.3 Å². The molecular weight excluding hydrogens is 304 g/mol. The quantitative estimate of drug-likeness (QED) is 0.889. The topological polar surface area (TPSA) is 42.7 Å². The Labute approximate surface area is 122 Å². The highest BCUT2D eigenvalue weighted by molar-refractivity contribution is 9.10. The van der Waals surface area contributed by atoms with E-state index in [1.807, 2.05) is 17.8 Å². The molecule has 0 radical (unpaired) electrons. The summed E-state index contributed by atoms with van der Waals surface area (Å²) in [5.41, 5.74) is 1.27. The Kier molecular flexibility index (Phi) is 5.10. The number of aryl methyl sites for hydroxylation is 1. The fourth-order valence-corrected chi connectivity index (χ4v) is 2.45. The van der Waals surface area contributed by atoms with Gasteiger partial charge in [-0.2, -0.15) is 5.10 Å². The Bertz CT molecular complexity index is 524. The third kappa shape index (κ3) is 3.88. The molecular formula is C14H19BrN4. The van der Waals surface area contributed by atoms with Crippen molar-refractivity contribution < 1.29 is 0 Å². The SMILES string of the molecule is CCCNC(Cc1ncnn1C)c1cccc(Br)c1. The first-order valence-electron chi connectivity index (χ1n) is 6.52. The van der Waals surface area contributed by atoms with Crippen LogP contribution in [0.4, 0.5) is 0 Å². The Morgan fingerprint density at radius 1 is 1.42 bits per heavy atom. The second-order valence-corrected chi connectivity index (χ2v) is 5.48. The highest BCUT2D eigenvalue weighted by atomic mass is 79.9. The predicted octanol–water partition coefficient (Wildman–Crippen LogP) is 2.86. The molecule has 0 aliphatic rings. The molecule has 0 aliphatic heterocycles. The molecule has 0 bridgehead atoms. The Morgan fingerprint density at radius 2 is 2.26 bits per heavy atom. The van der Waals surface area contributed by atoms with Crippen molar-refractivity contribution >= 4 is 15.9 Å². The second kappa shape index (κ2) is 6.82. The van der Waals surface area contributed by atoms with Crippen molar-refractivity contribution in [2.45, 2.75) is 25.8 Å². The molecule has 0 saturated heterocycles. The zero-order valence-electron chi connectivity index (χ0n) is 11.3. The summed E-state index contributed by atoms with van der Waals surface area (Å²) in [5, 5.41) is 7.71. The van der Waals surface area contributed by atoms with Crippen LogP contribution in [-0.2, 0) is 13.5 Å². The first kappa shape index (κ1) is 14.2. The number of halogens is 1. The average Bonchev–Trinajstić information content (AvgIpc) is 2.80. The lowest BCUT2D eigenvalue weighted by Crippen LogP contribution is -2.25. The van der Waals surface area contributed by atoms with Gasteiger partial charge >= 0.3 is 0 Å². The first-order chi connectivity index (χ1) is 9.20. The molecule has 1 N–H and O–H groups in total. The third-order valence-corrected chi connectivity index (χ3v) is 3.58. The van der Waals surface area contributed by atoms with Crippen molar-refractivity contribution in [1.29, 1.82) is 0 Å². The summed E-state index contributed by atoms with van der Waals surface area (Å²) < 4.78 is 2.93. The molecule has 1 unspecified atom stereocenters. The molecule has 1 atom stereocenters. The number of hydrogen-bond acceptors (Lipinski definition) is 3. The van der Waals surface area contributed by atoms with Crippen molar-refractivity contribution in [2.75, 3.05) is 6.54 Å². The second-order valence-electron chi connectivity index (χ2n) is 4.57. The zero-order chi connectivity index (χ0) is 13.7. The van der Waals surface area contributed by atoms with E-state index in [9.17, 15) is 0 Å². The molecule has 102 valence electrons. The molecule has 1 aromatic carbocycles. The highest BCUT2D eigenvalue weighted by Gasteiger charge is 2.14. The van der Waals surface area contributed by atoms with Gasteiger partial charge < -0.3 is 5.32 Å². The van der Waals surface area contributed by atoms with E-state index in [2.05, 4.69) is 56.5 Å². The van der Waals surface area contributed by atoms with E-state index in [0.29, 0.717) is 0 Å². The van der Waals surface area contributed by atoms with Gasteiger partial charge in [-0.05, 0) is 30.7 Å². The normalized spacial score (nSPS) is 12.6. The predicted molar refractivity (Wildman–Crippen MR) is 79.9 cm³/mol. The molecule has 1 heterocycles. The molecule has 1 aromatic heterocycles. The van der Waals surface area contributed by atoms with E-state index in [-0.39, 0.29) is 6.04 Å². The first-order valence-corrected chi connectivity index (χ1v) is 7.31. The number of benzene rings is 1. The van der Waals surface area contributed by atoms with Crippen molar-refractivity contribution in [3.8, 4) is 0 Å². The maximum absolute atomic E-state index is 4.31. The van der Waals surface area contributed by atoms with Gasteiger partial charge in [-0.15, -0.1) is 0 Å². The van der Waals surface area contributed by atoms with Crippen LogP contribution in [0.25, 0.3) is 0 Å². The van der Waals surface area contributed by atoms with E-state index in [4.69, 9.17) is 0 Å². The Hall–Kier alpha value is -1.20. The van der Waals surface area contributed by atoms with Gasteiger partial charge in [-0.3, -0.25) is 4.68 Å². The maximum atomic E-state index is 4.31. The zero-order valence-corrected chi connectivity index (χ0v) is 12.9. The van der Waals surface area contributed by atoms with E-state index in [1.165, 1.54) is 5.56 Å². The van der Waals surface area contributed by atoms with Crippen molar-refractivity contribution in [2.24, 2.45) is 7.05 Å². The fourth-order valence-electron chi connectivity index (χ4n) is 2.04. The summed E-state index contributed by atoms with van der Waals surface area (Å²) in [6, 6.07) is 8.68. The summed E-state index contributed by atoms with van der Waals surface area (Å²) in [6.07, 6.45) is 3.56. The molecule has 5 heteroatoms. The molecule has 0 saturated carbocycles. The molecule has 0 aliphatic carbocycles. The smallest absolute Gasteiger partial charge is 0.138 e. The number of aromatic nitrogens is 3. The molecule has 0 amide bonds. The largest absolute Gasteiger partial charge is 0.310 e. The van der Waals surface area contributed by atoms with E-state index in [0.717, 1.165) is 29.7 Å². The molecule has 2 aromatic rings. The number of rotatable bonds is 6. The van der Waals surface area contributed by atoms with Crippen LogP contribution in [0.1, 0.15) is 30.8 Å². The van der Waals surface area contributed by atoms with Gasteiger partial charge in [0.15, 0.2) is 0 Å². The van der Waals surface area contributed by atoms with Crippen LogP contribution in [0, 0.1) is 0 Å². The lowest BCUT2D eigenvalue weighted by Gasteiger charge is -2.18. The van der Waals surface area contributed by atoms with Gasteiger partial charge in [0.2, 0.25) is 0 Å².